The van der Waals surface area contributed by atoms with E-state index < -0.39 is 61.0 Å². The normalized spacial score (nSPS) is 31.4. The van der Waals surface area contributed by atoms with E-state index in [1.54, 1.807) is 0 Å². The van der Waals surface area contributed by atoms with Gasteiger partial charge in [0.2, 0.25) is 6.29 Å². The van der Waals surface area contributed by atoms with Crippen molar-refractivity contribution < 1.29 is 43.5 Å². The predicted molar refractivity (Wildman–Crippen MR) is 67.3 cm³/mol. The van der Waals surface area contributed by atoms with E-state index in [1.807, 2.05) is 0 Å². The molecule has 0 aromatic carbocycles. The van der Waals surface area contributed by atoms with Crippen molar-refractivity contribution in [1.29, 1.82) is 0 Å². The van der Waals surface area contributed by atoms with Crippen molar-refractivity contribution in [3.8, 4) is 0 Å². The maximum Gasteiger partial charge on any atom is 0.344 e. The molecule has 0 bridgehead atoms. The van der Waals surface area contributed by atoms with Crippen molar-refractivity contribution >= 4 is 5.97 Å². The van der Waals surface area contributed by atoms with Crippen LogP contribution in [0.5, 0.6) is 0 Å². The summed E-state index contributed by atoms with van der Waals surface area (Å²) in [6, 6.07) is 0. The van der Waals surface area contributed by atoms with Crippen LogP contribution >= 0.6 is 0 Å². The number of aliphatic hydroxyl groups is 4. The van der Waals surface area contributed by atoms with Gasteiger partial charge in [-0.3, -0.25) is 4.68 Å². The Labute approximate surface area is 128 Å². The van der Waals surface area contributed by atoms with Gasteiger partial charge in [-0.1, -0.05) is 0 Å². The highest BCUT2D eigenvalue weighted by Crippen LogP contribution is 2.25. The van der Waals surface area contributed by atoms with Gasteiger partial charge in [-0.05, 0) is 0 Å². The largest absolute Gasteiger partial charge is 0.429 e. The van der Waals surface area contributed by atoms with Crippen molar-refractivity contribution in [3.05, 3.63) is 17.5 Å². The van der Waals surface area contributed by atoms with Crippen molar-refractivity contribution in [1.82, 2.24) is 9.78 Å². The van der Waals surface area contributed by atoms with E-state index >= 15 is 0 Å². The monoisotopic (exact) mass is 338 g/mol. The molecule has 0 amide bonds. The summed E-state index contributed by atoms with van der Waals surface area (Å²) in [6.07, 6.45) is -10.2. The zero-order valence-corrected chi connectivity index (χ0v) is 11.9. The number of carbonyl (C=O) groups is 1. The Morgan fingerprint density at radius 2 is 2.04 bits per heavy atom. The summed E-state index contributed by atoms with van der Waals surface area (Å²) in [5, 5.41) is 41.4. The van der Waals surface area contributed by atoms with Crippen LogP contribution in [0.1, 0.15) is 22.5 Å². The van der Waals surface area contributed by atoms with Crippen LogP contribution in [0.3, 0.4) is 0 Å². The number of hydrogen-bond acceptors (Lipinski definition) is 8. The predicted octanol–water partition coefficient (Wildman–Crippen LogP) is -1.69. The second-order valence-corrected chi connectivity index (χ2v) is 5.00. The number of esters is 1. The number of halogens is 2. The number of aliphatic hydroxyl groups excluding tert-OH is 4. The minimum absolute atomic E-state index is 0.528. The summed E-state index contributed by atoms with van der Waals surface area (Å²) in [4.78, 5) is 12.0. The zero-order chi connectivity index (χ0) is 17.3. The Bertz CT molecular complexity index is 566. The molecular weight excluding hydrogens is 322 g/mol. The zero-order valence-electron chi connectivity index (χ0n) is 11.9. The fourth-order valence-electron chi connectivity index (χ4n) is 2.16. The Kier molecular flexibility index (Phi) is 5.26. The molecule has 1 fully saturated rings. The Hall–Kier alpha value is -1.66. The third-order valence-electron chi connectivity index (χ3n) is 3.36. The number of rotatable bonds is 4. The van der Waals surface area contributed by atoms with Crippen molar-refractivity contribution in [2.24, 2.45) is 7.05 Å². The topological polar surface area (TPSA) is 134 Å². The second kappa shape index (κ2) is 6.84. The molecule has 5 atom stereocenters. The van der Waals surface area contributed by atoms with Crippen LogP contribution in [-0.2, 0) is 16.5 Å². The highest BCUT2D eigenvalue weighted by Gasteiger charge is 2.45. The van der Waals surface area contributed by atoms with Crippen LogP contribution in [0.4, 0.5) is 8.78 Å². The van der Waals surface area contributed by atoms with Gasteiger partial charge in [-0.15, -0.1) is 0 Å². The minimum atomic E-state index is -3.02. The summed E-state index contributed by atoms with van der Waals surface area (Å²) in [6.45, 7) is -0.714. The van der Waals surface area contributed by atoms with Crippen molar-refractivity contribution in [3.63, 3.8) is 0 Å². The molecule has 1 aromatic heterocycles. The van der Waals surface area contributed by atoms with E-state index in [0.717, 1.165) is 10.9 Å². The number of hydrogen-bond donors (Lipinski definition) is 4. The summed E-state index contributed by atoms with van der Waals surface area (Å²) in [5.74, 6) is -1.25. The molecule has 130 valence electrons. The highest BCUT2D eigenvalue weighted by atomic mass is 19.3. The maximum absolute atomic E-state index is 12.8. The van der Waals surface area contributed by atoms with E-state index in [2.05, 4.69) is 5.10 Å². The van der Waals surface area contributed by atoms with E-state index in [1.165, 1.54) is 7.05 Å². The molecule has 0 unspecified atom stereocenters. The Balaban J connectivity index is 2.16. The molecule has 0 radical (unpaired) electrons. The standard InChI is InChI=1S/C12H16F2N2O7/c1-16-2-4(6(15-16)10(13)14)11(21)23-12-9(20)8(19)7(18)5(3-17)22-12/h2,5,7-10,12,17-20H,3H2,1H3/t5-,7-,8+,9-,12+/m1/s1. The lowest BCUT2D eigenvalue weighted by Crippen LogP contribution is -2.59. The molecule has 4 N–H and O–H groups in total. The molecule has 1 aromatic rings. The molecule has 1 saturated heterocycles. The number of carbonyl (C=O) groups excluding carboxylic acids is 1. The first-order chi connectivity index (χ1) is 10.8. The SMILES string of the molecule is Cn1cc(C(=O)O[C@@H]2O[C@H](CO)[C@@H](O)[C@H](O)[C@H]2O)c(C(F)F)n1. The summed E-state index contributed by atoms with van der Waals surface area (Å²) in [7, 11) is 1.33. The van der Waals surface area contributed by atoms with Crippen molar-refractivity contribution in [2.75, 3.05) is 6.61 Å². The Morgan fingerprint density at radius 1 is 1.39 bits per heavy atom. The molecule has 2 rings (SSSR count). The smallest absolute Gasteiger partial charge is 0.344 e. The van der Waals surface area contributed by atoms with Gasteiger partial charge in [0.25, 0.3) is 6.43 Å². The van der Waals surface area contributed by atoms with E-state index in [4.69, 9.17) is 14.6 Å². The van der Waals surface area contributed by atoms with Gasteiger partial charge in [0.1, 0.15) is 35.7 Å². The van der Waals surface area contributed by atoms with Crippen LogP contribution < -0.4 is 0 Å². The van der Waals surface area contributed by atoms with Crippen LogP contribution in [0.15, 0.2) is 6.20 Å². The third-order valence-corrected chi connectivity index (χ3v) is 3.36. The average Bonchev–Trinajstić information content (AvgIpc) is 2.90. The first-order valence-electron chi connectivity index (χ1n) is 6.59. The Morgan fingerprint density at radius 3 is 2.61 bits per heavy atom. The first kappa shape index (κ1) is 17.7. The molecule has 0 saturated carbocycles. The third kappa shape index (κ3) is 3.48. The lowest BCUT2D eigenvalue weighted by atomic mass is 9.99. The highest BCUT2D eigenvalue weighted by molar-refractivity contribution is 5.90. The first-order valence-corrected chi connectivity index (χ1v) is 6.59. The van der Waals surface area contributed by atoms with Crippen LogP contribution in [0.2, 0.25) is 0 Å². The van der Waals surface area contributed by atoms with Gasteiger partial charge >= 0.3 is 5.97 Å². The number of nitrogens with zero attached hydrogens (tertiary/aromatic N) is 2. The number of alkyl halides is 2. The molecule has 1 aliphatic rings. The van der Waals surface area contributed by atoms with Gasteiger partial charge < -0.3 is 29.9 Å². The van der Waals surface area contributed by atoms with E-state index in [-0.39, 0.29) is 0 Å². The van der Waals surface area contributed by atoms with Crippen LogP contribution in [0.25, 0.3) is 0 Å². The van der Waals surface area contributed by atoms with Crippen LogP contribution in [-0.4, -0.2) is 73.5 Å². The molecule has 0 spiro atoms. The maximum atomic E-state index is 12.8. The van der Waals surface area contributed by atoms with E-state index in [0.29, 0.717) is 0 Å². The second-order valence-electron chi connectivity index (χ2n) is 5.00. The molecule has 11 heteroatoms. The van der Waals surface area contributed by atoms with Gasteiger partial charge in [-0.2, -0.15) is 5.10 Å². The molecule has 1 aliphatic heterocycles. The molecule has 0 aliphatic carbocycles. The van der Waals surface area contributed by atoms with Gasteiger partial charge in [0, 0.05) is 13.2 Å². The fraction of sp³-hybridized carbons (Fsp3) is 0.667. The minimum Gasteiger partial charge on any atom is -0.429 e. The molecule has 2 heterocycles. The summed E-state index contributed by atoms with van der Waals surface area (Å²) < 4.78 is 36.4. The number of ether oxygens (including phenoxy) is 2. The molecule has 23 heavy (non-hydrogen) atoms. The number of aryl methyl sites for hydroxylation is 1. The fourth-order valence-corrected chi connectivity index (χ4v) is 2.16. The van der Waals surface area contributed by atoms with Crippen molar-refractivity contribution in [2.45, 2.75) is 37.1 Å². The lowest BCUT2D eigenvalue weighted by Gasteiger charge is -2.39. The van der Waals surface area contributed by atoms with Crippen LogP contribution in [0, 0.1) is 0 Å². The summed E-state index contributed by atoms with van der Waals surface area (Å²) >= 11 is 0. The quantitative estimate of drug-likeness (QED) is 0.478. The molecule has 9 nitrogen and oxygen atoms in total. The average molecular weight is 338 g/mol. The van der Waals surface area contributed by atoms with Gasteiger partial charge in [-0.25, -0.2) is 13.6 Å². The number of aromatic nitrogens is 2. The summed E-state index contributed by atoms with van der Waals surface area (Å²) in [5.41, 5.74) is -1.33. The van der Waals surface area contributed by atoms with E-state index in [9.17, 15) is 28.9 Å². The lowest BCUT2D eigenvalue weighted by molar-refractivity contribution is -0.285. The van der Waals surface area contributed by atoms with Gasteiger partial charge in [0.05, 0.1) is 6.61 Å². The van der Waals surface area contributed by atoms with Gasteiger partial charge in [0.15, 0.2) is 0 Å². The molecular formula is C12H16F2N2O7.